The molecular weight excluding hydrogens is 320 g/mol. The lowest BCUT2D eigenvalue weighted by molar-refractivity contribution is -0.130. The summed E-state index contributed by atoms with van der Waals surface area (Å²) < 4.78 is 22.3. The monoisotopic (exact) mass is 342 g/mol. The molecule has 1 aromatic rings. The van der Waals surface area contributed by atoms with Gasteiger partial charge in [0.25, 0.3) is 0 Å². The highest BCUT2D eigenvalue weighted by Crippen LogP contribution is 2.17. The van der Waals surface area contributed by atoms with Gasteiger partial charge in [0.1, 0.15) is 9.84 Å². The lowest BCUT2D eigenvalue weighted by Crippen LogP contribution is -2.50. The normalized spacial score (nSPS) is 16.7. The van der Waals surface area contributed by atoms with Crippen molar-refractivity contribution in [3.63, 3.8) is 0 Å². The molecule has 122 valence electrons. The first kappa shape index (κ1) is 17.3. The van der Waals surface area contributed by atoms with Crippen molar-refractivity contribution < 1.29 is 13.2 Å². The van der Waals surface area contributed by atoms with Crippen LogP contribution >= 0.6 is 11.8 Å². The molecule has 7 heteroatoms. The van der Waals surface area contributed by atoms with Gasteiger partial charge in [0.2, 0.25) is 5.91 Å². The van der Waals surface area contributed by atoms with E-state index in [0.717, 1.165) is 18.0 Å². The topological polar surface area (TPSA) is 57.7 Å². The zero-order valence-corrected chi connectivity index (χ0v) is 14.4. The molecule has 0 radical (unpaired) electrons. The fourth-order valence-corrected chi connectivity index (χ4v) is 3.68. The third-order valence-corrected chi connectivity index (χ3v) is 5.53. The molecule has 1 aliphatic heterocycles. The summed E-state index contributed by atoms with van der Waals surface area (Å²) in [5.41, 5.74) is 0. The maximum atomic E-state index is 12.2. The molecule has 1 fully saturated rings. The van der Waals surface area contributed by atoms with Gasteiger partial charge in [-0.15, -0.1) is 11.8 Å². The largest absolute Gasteiger partial charge is 0.339 e. The second-order valence-corrected chi connectivity index (χ2v) is 8.76. The molecule has 0 aromatic heterocycles. The van der Waals surface area contributed by atoms with Crippen molar-refractivity contribution in [3.05, 3.63) is 30.3 Å². The number of amides is 1. The molecular formula is C15H22N2O3S2. The summed E-state index contributed by atoms with van der Waals surface area (Å²) in [4.78, 5) is 17.3. The highest BCUT2D eigenvalue weighted by molar-refractivity contribution is 8.00. The van der Waals surface area contributed by atoms with Crippen molar-refractivity contribution in [1.82, 2.24) is 9.80 Å². The Morgan fingerprint density at radius 1 is 1.14 bits per heavy atom. The molecule has 0 atom stereocenters. The van der Waals surface area contributed by atoms with Crippen LogP contribution in [0.25, 0.3) is 0 Å². The number of sulfone groups is 1. The van der Waals surface area contributed by atoms with Crippen LogP contribution in [0.4, 0.5) is 0 Å². The smallest absolute Gasteiger partial charge is 0.233 e. The number of rotatable bonds is 6. The van der Waals surface area contributed by atoms with Crippen molar-refractivity contribution in [1.29, 1.82) is 0 Å². The average molecular weight is 342 g/mol. The van der Waals surface area contributed by atoms with Gasteiger partial charge in [-0.2, -0.15) is 0 Å². The number of nitrogens with zero attached hydrogens (tertiary/aromatic N) is 2. The van der Waals surface area contributed by atoms with Crippen LogP contribution in [-0.2, 0) is 14.6 Å². The Balaban J connectivity index is 1.71. The van der Waals surface area contributed by atoms with Crippen LogP contribution in [0.3, 0.4) is 0 Å². The minimum atomic E-state index is -2.92. The summed E-state index contributed by atoms with van der Waals surface area (Å²) in [6.07, 6.45) is 1.26. The van der Waals surface area contributed by atoms with Gasteiger partial charge >= 0.3 is 0 Å². The third-order valence-electron chi connectivity index (χ3n) is 3.61. The fourth-order valence-electron chi connectivity index (χ4n) is 2.27. The van der Waals surface area contributed by atoms with Crippen LogP contribution in [0.2, 0.25) is 0 Å². The third kappa shape index (κ3) is 5.98. The Morgan fingerprint density at radius 3 is 2.36 bits per heavy atom. The number of piperazine rings is 1. The summed E-state index contributed by atoms with van der Waals surface area (Å²) in [6.45, 7) is 3.41. The van der Waals surface area contributed by atoms with Crippen LogP contribution < -0.4 is 0 Å². The van der Waals surface area contributed by atoms with E-state index in [1.807, 2.05) is 35.2 Å². The molecule has 1 saturated heterocycles. The Morgan fingerprint density at radius 2 is 1.77 bits per heavy atom. The molecule has 0 bridgehead atoms. The second kappa shape index (κ2) is 7.99. The molecule has 1 amide bonds. The van der Waals surface area contributed by atoms with Crippen molar-refractivity contribution >= 4 is 27.5 Å². The molecule has 0 N–H and O–H groups in total. The molecule has 1 aliphatic rings. The van der Waals surface area contributed by atoms with Gasteiger partial charge in [-0.1, -0.05) is 18.2 Å². The molecule has 0 unspecified atom stereocenters. The Kier molecular flexibility index (Phi) is 6.28. The molecule has 0 spiro atoms. The molecule has 5 nitrogen and oxygen atoms in total. The quantitative estimate of drug-likeness (QED) is 0.721. The van der Waals surface area contributed by atoms with Crippen LogP contribution in [0.5, 0.6) is 0 Å². The summed E-state index contributed by atoms with van der Waals surface area (Å²) in [6, 6.07) is 9.89. The van der Waals surface area contributed by atoms with E-state index in [2.05, 4.69) is 4.90 Å². The maximum absolute atomic E-state index is 12.2. The Hall–Kier alpha value is -1.05. The molecule has 0 saturated carbocycles. The van der Waals surface area contributed by atoms with Crippen molar-refractivity contribution in [3.8, 4) is 0 Å². The van der Waals surface area contributed by atoms with E-state index in [9.17, 15) is 13.2 Å². The Labute approximate surface area is 136 Å². The van der Waals surface area contributed by atoms with E-state index >= 15 is 0 Å². The number of carbonyl (C=O) groups excluding carboxylic acids is 1. The second-order valence-electron chi connectivity index (χ2n) is 5.45. The lowest BCUT2D eigenvalue weighted by atomic mass is 10.3. The molecule has 22 heavy (non-hydrogen) atoms. The van der Waals surface area contributed by atoms with Crippen molar-refractivity contribution in [2.75, 3.05) is 50.5 Å². The number of carbonyl (C=O) groups is 1. The van der Waals surface area contributed by atoms with E-state index in [0.29, 0.717) is 25.4 Å². The van der Waals surface area contributed by atoms with Gasteiger partial charge < -0.3 is 4.90 Å². The number of thioether (sulfide) groups is 1. The standard InChI is InChI=1S/C15H22N2O3S2/c1-22(19,20)12-11-16-7-9-17(10-8-16)15(18)13-21-14-5-3-2-4-6-14/h2-6H,7-13H2,1H3. The van der Waals surface area contributed by atoms with Crippen LogP contribution in [0, 0.1) is 0 Å². The molecule has 2 rings (SSSR count). The van der Waals surface area contributed by atoms with Crippen molar-refractivity contribution in [2.24, 2.45) is 0 Å². The van der Waals surface area contributed by atoms with E-state index in [1.165, 1.54) is 6.26 Å². The summed E-state index contributed by atoms with van der Waals surface area (Å²) in [5, 5.41) is 0. The van der Waals surface area contributed by atoms with Gasteiger partial charge in [-0.25, -0.2) is 8.42 Å². The predicted molar refractivity (Wildman–Crippen MR) is 89.9 cm³/mol. The Bertz CT molecular complexity index is 582. The summed E-state index contributed by atoms with van der Waals surface area (Å²) >= 11 is 1.55. The van der Waals surface area contributed by atoms with Gasteiger partial charge in [-0.3, -0.25) is 9.69 Å². The molecule has 1 heterocycles. The van der Waals surface area contributed by atoms with Crippen molar-refractivity contribution in [2.45, 2.75) is 4.90 Å². The highest BCUT2D eigenvalue weighted by Gasteiger charge is 2.21. The lowest BCUT2D eigenvalue weighted by Gasteiger charge is -2.34. The highest BCUT2D eigenvalue weighted by atomic mass is 32.2. The number of hydrogen-bond donors (Lipinski definition) is 0. The predicted octanol–water partition coefficient (Wildman–Crippen LogP) is 0.967. The number of hydrogen-bond acceptors (Lipinski definition) is 5. The van der Waals surface area contributed by atoms with Gasteiger partial charge in [-0.05, 0) is 12.1 Å². The van der Waals surface area contributed by atoms with E-state index in [-0.39, 0.29) is 11.7 Å². The minimum absolute atomic E-state index is 0.150. The average Bonchev–Trinajstić information content (AvgIpc) is 2.51. The first-order chi connectivity index (χ1) is 10.4. The SMILES string of the molecule is CS(=O)(=O)CCN1CCN(C(=O)CSc2ccccc2)CC1. The summed E-state index contributed by atoms with van der Waals surface area (Å²) in [5.74, 6) is 0.787. The van der Waals surface area contributed by atoms with Gasteiger partial charge in [0.15, 0.2) is 0 Å². The summed E-state index contributed by atoms with van der Waals surface area (Å²) in [7, 11) is -2.92. The minimum Gasteiger partial charge on any atom is -0.339 e. The van der Waals surface area contributed by atoms with Crippen LogP contribution in [0.15, 0.2) is 35.2 Å². The zero-order chi connectivity index (χ0) is 16.0. The zero-order valence-electron chi connectivity index (χ0n) is 12.8. The van der Waals surface area contributed by atoms with Crippen LogP contribution in [-0.4, -0.2) is 74.6 Å². The van der Waals surface area contributed by atoms with Crippen LogP contribution in [0.1, 0.15) is 0 Å². The van der Waals surface area contributed by atoms with Gasteiger partial charge in [0.05, 0.1) is 11.5 Å². The van der Waals surface area contributed by atoms with Gasteiger partial charge in [0, 0.05) is 43.9 Å². The first-order valence-corrected chi connectivity index (χ1v) is 10.3. The molecule has 0 aliphatic carbocycles. The first-order valence-electron chi connectivity index (χ1n) is 7.30. The molecule has 1 aromatic carbocycles. The number of benzene rings is 1. The fraction of sp³-hybridized carbons (Fsp3) is 0.533. The van der Waals surface area contributed by atoms with E-state index in [4.69, 9.17) is 0 Å². The van der Waals surface area contributed by atoms with E-state index in [1.54, 1.807) is 11.8 Å². The van der Waals surface area contributed by atoms with E-state index < -0.39 is 9.84 Å². The maximum Gasteiger partial charge on any atom is 0.233 e.